The molecular formula is C15H14N6S. The van der Waals surface area contributed by atoms with Gasteiger partial charge in [-0.1, -0.05) is 12.8 Å². The fourth-order valence-electron chi connectivity index (χ4n) is 3.16. The highest BCUT2D eigenvalue weighted by Crippen LogP contribution is 2.30. The van der Waals surface area contributed by atoms with Crippen LogP contribution in [0.2, 0.25) is 0 Å². The third-order valence-corrected chi connectivity index (χ3v) is 4.58. The van der Waals surface area contributed by atoms with Gasteiger partial charge in [0.05, 0.1) is 17.5 Å². The molecule has 0 amide bonds. The van der Waals surface area contributed by atoms with Crippen LogP contribution in [0.3, 0.4) is 0 Å². The van der Waals surface area contributed by atoms with Gasteiger partial charge in [0.15, 0.2) is 5.65 Å². The summed E-state index contributed by atoms with van der Waals surface area (Å²) in [4.78, 5) is 11.0. The van der Waals surface area contributed by atoms with Crippen LogP contribution in [0, 0.1) is 11.3 Å². The molecule has 4 rings (SSSR count). The molecule has 4 heterocycles. The first kappa shape index (κ1) is 13.2. The molecule has 0 saturated carbocycles. The van der Waals surface area contributed by atoms with Crippen molar-refractivity contribution in [2.45, 2.75) is 13.0 Å². The predicted molar refractivity (Wildman–Crippen MR) is 86.8 cm³/mol. The first-order valence-electron chi connectivity index (χ1n) is 7.02. The lowest BCUT2D eigenvalue weighted by molar-refractivity contribution is 0.677. The summed E-state index contributed by atoms with van der Waals surface area (Å²) in [6.45, 7) is 1.59. The van der Waals surface area contributed by atoms with E-state index in [0.29, 0.717) is 0 Å². The van der Waals surface area contributed by atoms with Gasteiger partial charge in [-0.3, -0.25) is 3.97 Å². The van der Waals surface area contributed by atoms with Crippen molar-refractivity contribution >= 4 is 29.7 Å². The van der Waals surface area contributed by atoms with Crippen LogP contribution in [0.4, 0.5) is 5.82 Å². The van der Waals surface area contributed by atoms with Crippen molar-refractivity contribution < 1.29 is 0 Å². The van der Waals surface area contributed by atoms with Crippen molar-refractivity contribution in [2.75, 3.05) is 11.4 Å². The maximum Gasteiger partial charge on any atom is 0.155 e. The minimum absolute atomic E-state index is 0.747. The van der Waals surface area contributed by atoms with Crippen LogP contribution < -0.4 is 4.90 Å². The first-order chi connectivity index (χ1) is 10.7. The molecule has 0 spiro atoms. The van der Waals surface area contributed by atoms with E-state index < -0.39 is 0 Å². The molecule has 0 atom stereocenters. The second-order valence-corrected chi connectivity index (χ2v) is 5.89. The van der Waals surface area contributed by atoms with Crippen molar-refractivity contribution in [3.05, 3.63) is 41.6 Å². The molecule has 0 bridgehead atoms. The van der Waals surface area contributed by atoms with E-state index in [2.05, 4.69) is 33.8 Å². The fourth-order valence-corrected chi connectivity index (χ4v) is 3.39. The van der Waals surface area contributed by atoms with Gasteiger partial charge in [-0.15, -0.1) is 0 Å². The first-order valence-corrected chi connectivity index (χ1v) is 7.42. The summed E-state index contributed by atoms with van der Waals surface area (Å²) in [5, 5.41) is 10.2. The number of hydrogen-bond donors (Lipinski definition) is 1. The third kappa shape index (κ3) is 1.81. The summed E-state index contributed by atoms with van der Waals surface area (Å²) in [5.74, 6) is 0.920. The highest BCUT2D eigenvalue weighted by molar-refractivity contribution is 7.78. The minimum Gasteiger partial charge on any atom is -0.351 e. The minimum atomic E-state index is 0.747. The van der Waals surface area contributed by atoms with E-state index in [1.54, 1.807) is 10.3 Å². The number of anilines is 1. The van der Waals surface area contributed by atoms with Gasteiger partial charge >= 0.3 is 0 Å². The summed E-state index contributed by atoms with van der Waals surface area (Å²) in [7, 11) is 1.99. The van der Waals surface area contributed by atoms with Crippen LogP contribution in [0.25, 0.3) is 11.0 Å². The topological polar surface area (TPSA) is 62.7 Å². The smallest absolute Gasteiger partial charge is 0.155 e. The molecule has 6 nitrogen and oxygen atoms in total. The van der Waals surface area contributed by atoms with Crippen LogP contribution in [-0.2, 0) is 20.0 Å². The third-order valence-electron chi connectivity index (χ3n) is 4.26. The number of aryl methyl sites for hydroxylation is 1. The van der Waals surface area contributed by atoms with Gasteiger partial charge in [0.2, 0.25) is 0 Å². The van der Waals surface area contributed by atoms with Crippen LogP contribution in [0.1, 0.15) is 16.8 Å². The second-order valence-electron chi connectivity index (χ2n) is 5.46. The fraction of sp³-hybridized carbons (Fsp3) is 0.267. The van der Waals surface area contributed by atoms with Gasteiger partial charge in [-0.05, 0) is 18.1 Å². The molecule has 0 aliphatic carbocycles. The van der Waals surface area contributed by atoms with Gasteiger partial charge in [0.1, 0.15) is 18.2 Å². The number of nitrogens with zero attached hydrogens (tertiary/aromatic N) is 6. The molecular weight excluding hydrogens is 296 g/mol. The maximum atomic E-state index is 9.23. The van der Waals surface area contributed by atoms with E-state index in [9.17, 15) is 5.26 Å². The molecule has 0 saturated heterocycles. The van der Waals surface area contributed by atoms with Crippen molar-refractivity contribution in [1.82, 2.24) is 18.5 Å². The Labute approximate surface area is 133 Å². The van der Waals surface area contributed by atoms with Crippen LogP contribution in [0.15, 0.2) is 24.8 Å². The van der Waals surface area contributed by atoms with E-state index in [0.717, 1.165) is 41.9 Å². The highest BCUT2D eigenvalue weighted by Gasteiger charge is 2.24. The Morgan fingerprint density at radius 1 is 1.36 bits per heavy atom. The predicted octanol–water partition coefficient (Wildman–Crippen LogP) is 1.90. The zero-order chi connectivity index (χ0) is 15.3. The molecule has 3 aromatic heterocycles. The monoisotopic (exact) mass is 310 g/mol. The van der Waals surface area contributed by atoms with Crippen molar-refractivity contribution in [2.24, 2.45) is 7.05 Å². The van der Waals surface area contributed by atoms with Crippen molar-refractivity contribution in [3.8, 4) is 6.07 Å². The molecule has 0 N–H and O–H groups in total. The maximum absolute atomic E-state index is 9.23. The Kier molecular flexibility index (Phi) is 2.87. The molecule has 0 unspecified atom stereocenters. The Morgan fingerprint density at radius 2 is 2.23 bits per heavy atom. The lowest BCUT2D eigenvalue weighted by Gasteiger charge is -2.29. The lowest BCUT2D eigenvalue weighted by Crippen LogP contribution is -2.32. The van der Waals surface area contributed by atoms with E-state index in [-0.39, 0.29) is 0 Å². The molecule has 110 valence electrons. The number of rotatable bonds is 1. The summed E-state index contributed by atoms with van der Waals surface area (Å²) in [5.41, 5.74) is 3.94. The molecule has 0 fully saturated rings. The summed E-state index contributed by atoms with van der Waals surface area (Å²) in [6.07, 6.45) is 6.21. The summed E-state index contributed by atoms with van der Waals surface area (Å²) in [6, 6.07) is 4.27. The molecule has 0 aromatic carbocycles. The number of thiol groups is 1. The van der Waals surface area contributed by atoms with Crippen molar-refractivity contribution in [3.63, 3.8) is 0 Å². The SMILES string of the molecule is Cn1cc(C#N)c2c1CN(c1ncnc3c1ccn3S)CC2. The molecule has 7 heteroatoms. The number of hydrogen-bond acceptors (Lipinski definition) is 5. The lowest BCUT2D eigenvalue weighted by atomic mass is 10.0. The van der Waals surface area contributed by atoms with Gasteiger partial charge in [0, 0.05) is 31.7 Å². The second kappa shape index (κ2) is 4.78. The van der Waals surface area contributed by atoms with Gasteiger partial charge < -0.3 is 9.47 Å². The Morgan fingerprint density at radius 3 is 3.05 bits per heavy atom. The van der Waals surface area contributed by atoms with E-state index >= 15 is 0 Å². The van der Waals surface area contributed by atoms with E-state index in [4.69, 9.17) is 0 Å². The molecule has 0 radical (unpaired) electrons. The summed E-state index contributed by atoms with van der Waals surface area (Å²) < 4.78 is 3.74. The normalized spacial score (nSPS) is 14.1. The van der Waals surface area contributed by atoms with Crippen LogP contribution in [-0.4, -0.2) is 25.1 Å². The Hall–Kier alpha value is -2.46. The molecule has 3 aromatic rings. The Bertz CT molecular complexity index is 916. The standard InChI is InChI=1S/C15H14N6S/c1-19-7-10(6-16)11-2-4-20(8-13(11)19)14-12-3-5-21(22)15(12)18-9-17-14/h3,5,7,9,22H,2,4,8H2,1H3. The average Bonchev–Trinajstić information content (AvgIpc) is 3.08. The summed E-state index contributed by atoms with van der Waals surface area (Å²) >= 11 is 4.36. The van der Waals surface area contributed by atoms with Gasteiger partial charge in [0.25, 0.3) is 0 Å². The number of nitriles is 1. The zero-order valence-corrected chi connectivity index (χ0v) is 13.0. The van der Waals surface area contributed by atoms with Crippen LogP contribution >= 0.6 is 12.8 Å². The van der Waals surface area contributed by atoms with Crippen molar-refractivity contribution in [1.29, 1.82) is 5.26 Å². The largest absolute Gasteiger partial charge is 0.351 e. The molecule has 1 aliphatic heterocycles. The van der Waals surface area contributed by atoms with Gasteiger partial charge in [-0.25, -0.2) is 9.97 Å². The number of fused-ring (bicyclic) bond motifs is 2. The highest BCUT2D eigenvalue weighted by atomic mass is 32.1. The quantitative estimate of drug-likeness (QED) is 0.697. The molecule has 22 heavy (non-hydrogen) atoms. The van der Waals surface area contributed by atoms with Crippen LogP contribution in [0.5, 0.6) is 0 Å². The average molecular weight is 310 g/mol. The zero-order valence-electron chi connectivity index (χ0n) is 12.1. The van der Waals surface area contributed by atoms with E-state index in [1.165, 1.54) is 11.3 Å². The van der Waals surface area contributed by atoms with E-state index in [1.807, 2.05) is 30.1 Å². The van der Waals surface area contributed by atoms with Gasteiger partial charge in [-0.2, -0.15) is 5.26 Å². The number of aromatic nitrogens is 4. The Balaban J connectivity index is 1.78. The molecule has 1 aliphatic rings.